The van der Waals surface area contributed by atoms with Gasteiger partial charge in [-0.3, -0.25) is 4.79 Å². The number of carbonyl (C=O) groups is 2. The van der Waals surface area contributed by atoms with E-state index in [2.05, 4.69) is 0 Å². The lowest BCUT2D eigenvalue weighted by molar-refractivity contribution is -0.00107. The molecule has 2 fully saturated rings. The molecular formula is C19H28N2O3S. The number of nitrogens with zero attached hydrogens (tertiary/aromatic N) is 2. The summed E-state index contributed by atoms with van der Waals surface area (Å²) in [4.78, 5) is 31.0. The first kappa shape index (κ1) is 18.2. The van der Waals surface area contributed by atoms with E-state index in [1.165, 1.54) is 0 Å². The van der Waals surface area contributed by atoms with E-state index in [-0.39, 0.29) is 30.1 Å². The predicted octanol–water partition coefficient (Wildman–Crippen LogP) is 4.06. The van der Waals surface area contributed by atoms with Gasteiger partial charge in [-0.1, -0.05) is 0 Å². The van der Waals surface area contributed by atoms with Gasteiger partial charge in [0.2, 0.25) is 0 Å². The highest BCUT2D eigenvalue weighted by Crippen LogP contribution is 2.38. The molecule has 2 aliphatic rings. The summed E-state index contributed by atoms with van der Waals surface area (Å²) in [6, 6.07) is 4.44. The number of aryl methyl sites for hydroxylation is 1. The number of rotatable bonds is 2. The van der Waals surface area contributed by atoms with E-state index >= 15 is 0 Å². The zero-order valence-corrected chi connectivity index (χ0v) is 16.6. The molecule has 0 aromatic carbocycles. The van der Waals surface area contributed by atoms with Crippen LogP contribution < -0.4 is 0 Å². The Labute approximate surface area is 153 Å². The van der Waals surface area contributed by atoms with Crippen molar-refractivity contribution in [3.8, 4) is 0 Å². The molecule has 0 spiro atoms. The highest BCUT2D eigenvalue weighted by Gasteiger charge is 2.46. The fourth-order valence-corrected chi connectivity index (χ4v) is 4.82. The zero-order valence-electron chi connectivity index (χ0n) is 15.7. The third-order valence-corrected chi connectivity index (χ3v) is 6.12. The maximum absolute atomic E-state index is 12.7. The Bertz CT molecular complexity index is 650. The Kier molecular flexibility index (Phi) is 4.84. The van der Waals surface area contributed by atoms with Crippen molar-refractivity contribution in [2.45, 2.75) is 77.1 Å². The van der Waals surface area contributed by atoms with Crippen LogP contribution in [0.2, 0.25) is 0 Å². The molecule has 2 bridgehead atoms. The molecule has 2 saturated heterocycles. The zero-order chi connectivity index (χ0) is 18.4. The van der Waals surface area contributed by atoms with E-state index in [9.17, 15) is 9.59 Å². The molecule has 25 heavy (non-hydrogen) atoms. The first-order valence-corrected chi connectivity index (χ1v) is 9.82. The maximum atomic E-state index is 12.7. The molecule has 3 heterocycles. The number of amides is 2. The average Bonchev–Trinajstić information content (AvgIpc) is 3.05. The van der Waals surface area contributed by atoms with Crippen LogP contribution in [0.1, 0.15) is 61.0 Å². The van der Waals surface area contributed by atoms with Crippen LogP contribution in [-0.2, 0) is 4.74 Å². The summed E-state index contributed by atoms with van der Waals surface area (Å²) in [6.45, 7) is 7.71. The molecule has 0 N–H and O–H groups in total. The molecule has 0 saturated carbocycles. The van der Waals surface area contributed by atoms with Crippen molar-refractivity contribution >= 4 is 23.3 Å². The molecule has 2 aliphatic heterocycles. The fraction of sp³-hybridized carbons (Fsp3) is 0.684. The van der Waals surface area contributed by atoms with Crippen molar-refractivity contribution in [1.29, 1.82) is 0 Å². The minimum atomic E-state index is -0.475. The Morgan fingerprint density at radius 2 is 1.80 bits per heavy atom. The summed E-state index contributed by atoms with van der Waals surface area (Å²) < 4.78 is 5.58. The van der Waals surface area contributed by atoms with Crippen molar-refractivity contribution in [3.63, 3.8) is 0 Å². The summed E-state index contributed by atoms with van der Waals surface area (Å²) in [5.74, 6) is 0.0909. The van der Waals surface area contributed by atoms with Crippen LogP contribution in [-0.4, -0.2) is 52.6 Å². The van der Waals surface area contributed by atoms with Crippen molar-refractivity contribution in [2.75, 3.05) is 7.05 Å². The van der Waals surface area contributed by atoms with Gasteiger partial charge in [-0.05, 0) is 65.5 Å². The smallest absolute Gasteiger partial charge is 0.410 e. The van der Waals surface area contributed by atoms with Gasteiger partial charge in [0.25, 0.3) is 5.91 Å². The SMILES string of the molecule is Cc1ccc(C(=O)N(C)C2CC3CCC(C2)N3C(=O)OC(C)(C)C)s1. The lowest BCUT2D eigenvalue weighted by atomic mass is 9.96. The number of ether oxygens (including phenoxy) is 1. The van der Waals surface area contributed by atoms with E-state index < -0.39 is 5.60 Å². The first-order valence-electron chi connectivity index (χ1n) is 9.00. The molecule has 2 amide bonds. The van der Waals surface area contributed by atoms with Gasteiger partial charge in [-0.15, -0.1) is 11.3 Å². The minimum Gasteiger partial charge on any atom is -0.444 e. The summed E-state index contributed by atoms with van der Waals surface area (Å²) in [6.07, 6.45) is 3.47. The van der Waals surface area contributed by atoms with Gasteiger partial charge in [0.15, 0.2) is 0 Å². The average molecular weight is 365 g/mol. The minimum absolute atomic E-state index is 0.0909. The number of thiophene rings is 1. The number of piperidine rings is 1. The third-order valence-electron chi connectivity index (χ3n) is 5.13. The summed E-state index contributed by atoms with van der Waals surface area (Å²) in [5, 5.41) is 0. The molecule has 0 radical (unpaired) electrons. The highest BCUT2D eigenvalue weighted by molar-refractivity contribution is 7.13. The van der Waals surface area contributed by atoms with Crippen molar-refractivity contribution < 1.29 is 14.3 Å². The van der Waals surface area contributed by atoms with Gasteiger partial charge < -0.3 is 14.5 Å². The largest absolute Gasteiger partial charge is 0.444 e. The maximum Gasteiger partial charge on any atom is 0.410 e. The van der Waals surface area contributed by atoms with Crippen LogP contribution in [0.4, 0.5) is 4.79 Å². The van der Waals surface area contributed by atoms with Gasteiger partial charge in [-0.2, -0.15) is 0 Å². The quantitative estimate of drug-likeness (QED) is 0.795. The summed E-state index contributed by atoms with van der Waals surface area (Å²) in [5.41, 5.74) is -0.475. The van der Waals surface area contributed by atoms with Crippen molar-refractivity contribution in [3.05, 3.63) is 21.9 Å². The van der Waals surface area contributed by atoms with E-state index in [0.29, 0.717) is 0 Å². The van der Waals surface area contributed by atoms with Gasteiger partial charge in [0.05, 0.1) is 4.88 Å². The normalized spacial score (nSPS) is 25.8. The monoisotopic (exact) mass is 364 g/mol. The van der Waals surface area contributed by atoms with Crippen molar-refractivity contribution in [1.82, 2.24) is 9.80 Å². The van der Waals surface area contributed by atoms with Crippen LogP contribution in [0, 0.1) is 6.92 Å². The van der Waals surface area contributed by atoms with Gasteiger partial charge >= 0.3 is 6.09 Å². The molecule has 138 valence electrons. The Hall–Kier alpha value is -1.56. The van der Waals surface area contributed by atoms with E-state index in [1.54, 1.807) is 11.3 Å². The van der Waals surface area contributed by atoms with Gasteiger partial charge in [0, 0.05) is 30.1 Å². The first-order chi connectivity index (χ1) is 11.7. The van der Waals surface area contributed by atoms with E-state index in [0.717, 1.165) is 35.4 Å². The van der Waals surface area contributed by atoms with Crippen LogP contribution in [0.5, 0.6) is 0 Å². The number of fused-ring (bicyclic) bond motifs is 2. The molecule has 6 heteroatoms. The topological polar surface area (TPSA) is 49.9 Å². The van der Waals surface area contributed by atoms with E-state index in [1.807, 2.05) is 56.7 Å². The molecule has 2 atom stereocenters. The fourth-order valence-electron chi connectivity index (χ4n) is 3.97. The molecule has 1 aromatic rings. The second-order valence-electron chi connectivity index (χ2n) is 8.22. The standard InChI is InChI=1S/C19H28N2O3S/c1-12-6-9-16(25-12)17(22)20(5)15-10-13-7-8-14(11-15)21(13)18(23)24-19(2,3)4/h6,9,13-15H,7-8,10-11H2,1-5H3. The lowest BCUT2D eigenvalue weighted by Gasteiger charge is -2.42. The Morgan fingerprint density at radius 3 is 2.28 bits per heavy atom. The predicted molar refractivity (Wildman–Crippen MR) is 99.1 cm³/mol. The molecule has 1 aromatic heterocycles. The van der Waals surface area contributed by atoms with E-state index in [4.69, 9.17) is 4.74 Å². The molecule has 0 aliphatic carbocycles. The van der Waals surface area contributed by atoms with Crippen molar-refractivity contribution in [2.24, 2.45) is 0 Å². The van der Waals surface area contributed by atoms with Crippen LogP contribution in [0.3, 0.4) is 0 Å². The van der Waals surface area contributed by atoms with Gasteiger partial charge in [-0.25, -0.2) is 4.79 Å². The highest BCUT2D eigenvalue weighted by atomic mass is 32.1. The second kappa shape index (κ2) is 6.63. The van der Waals surface area contributed by atoms with Crippen LogP contribution in [0.15, 0.2) is 12.1 Å². The van der Waals surface area contributed by atoms with Crippen LogP contribution >= 0.6 is 11.3 Å². The van der Waals surface area contributed by atoms with Gasteiger partial charge in [0.1, 0.15) is 5.60 Å². The molecule has 5 nitrogen and oxygen atoms in total. The Morgan fingerprint density at radius 1 is 1.20 bits per heavy atom. The summed E-state index contributed by atoms with van der Waals surface area (Å²) in [7, 11) is 1.89. The number of carbonyl (C=O) groups excluding carboxylic acids is 2. The third kappa shape index (κ3) is 3.84. The second-order valence-corrected chi connectivity index (χ2v) is 9.51. The lowest BCUT2D eigenvalue weighted by Crippen LogP contribution is -2.53. The molecule has 2 unspecified atom stereocenters. The molecular weight excluding hydrogens is 336 g/mol. The van der Waals surface area contributed by atoms with Crippen LogP contribution in [0.25, 0.3) is 0 Å². The number of hydrogen-bond donors (Lipinski definition) is 0. The summed E-state index contributed by atoms with van der Waals surface area (Å²) >= 11 is 1.54. The Balaban J connectivity index is 1.67. The number of hydrogen-bond acceptors (Lipinski definition) is 4. The molecule has 3 rings (SSSR count).